The van der Waals surface area contributed by atoms with Crippen LogP contribution >= 0.6 is 0 Å². The predicted molar refractivity (Wildman–Crippen MR) is 108 cm³/mol. The fourth-order valence-corrected chi connectivity index (χ4v) is 2.71. The molecule has 2 N–H and O–H groups in total. The number of hydrogen-bond donors (Lipinski definition) is 2. The first-order valence-electron chi connectivity index (χ1n) is 9.40. The molecule has 0 saturated carbocycles. The molecule has 0 spiro atoms. The van der Waals surface area contributed by atoms with Gasteiger partial charge in [0.05, 0.1) is 6.42 Å². The average molecular weight is 367 g/mol. The number of hydrogen-bond acceptors (Lipinski definition) is 3. The second kappa shape index (κ2) is 11.1. The van der Waals surface area contributed by atoms with Gasteiger partial charge in [-0.15, -0.1) is 0 Å². The fourth-order valence-electron chi connectivity index (χ4n) is 2.71. The zero-order valence-electron chi connectivity index (χ0n) is 16.2. The third-order valence-electron chi connectivity index (χ3n) is 4.36. The van der Waals surface area contributed by atoms with Crippen LogP contribution in [0, 0.1) is 0 Å². The highest BCUT2D eigenvalue weighted by Gasteiger charge is 2.06. The molecule has 0 radical (unpaired) electrons. The number of carbonyl (C=O) groups is 2. The van der Waals surface area contributed by atoms with Crippen LogP contribution in [0.2, 0.25) is 0 Å². The number of benzene rings is 2. The van der Waals surface area contributed by atoms with Crippen molar-refractivity contribution in [2.24, 2.45) is 0 Å². The second-order valence-corrected chi connectivity index (χ2v) is 6.69. The molecule has 0 unspecified atom stereocenters. The van der Waals surface area contributed by atoms with E-state index >= 15 is 0 Å². The first-order chi connectivity index (χ1) is 13.1. The van der Waals surface area contributed by atoms with E-state index in [1.165, 1.54) is 5.56 Å². The third kappa shape index (κ3) is 8.05. The molecule has 5 heteroatoms. The van der Waals surface area contributed by atoms with Crippen molar-refractivity contribution in [1.82, 2.24) is 15.5 Å². The van der Waals surface area contributed by atoms with Gasteiger partial charge in [0.2, 0.25) is 11.8 Å². The van der Waals surface area contributed by atoms with Crippen LogP contribution < -0.4 is 10.6 Å². The molecule has 0 fully saturated rings. The van der Waals surface area contributed by atoms with E-state index in [2.05, 4.69) is 41.6 Å². The summed E-state index contributed by atoms with van der Waals surface area (Å²) in [6.45, 7) is 4.87. The van der Waals surface area contributed by atoms with Crippen LogP contribution in [0.1, 0.15) is 30.0 Å². The molecule has 2 rings (SSSR count). The molecule has 0 aliphatic carbocycles. The Morgan fingerprint density at radius 2 is 1.59 bits per heavy atom. The fraction of sp³-hybridized carbons (Fsp3) is 0.364. The lowest BCUT2D eigenvalue weighted by molar-refractivity contribution is -0.122. The minimum Gasteiger partial charge on any atom is -0.355 e. The van der Waals surface area contributed by atoms with Crippen molar-refractivity contribution in [3.63, 3.8) is 0 Å². The van der Waals surface area contributed by atoms with Crippen LogP contribution in [-0.4, -0.2) is 36.9 Å². The maximum absolute atomic E-state index is 12.0. The van der Waals surface area contributed by atoms with Gasteiger partial charge in [0.1, 0.15) is 0 Å². The van der Waals surface area contributed by atoms with Gasteiger partial charge in [0.15, 0.2) is 0 Å². The highest BCUT2D eigenvalue weighted by atomic mass is 16.2. The summed E-state index contributed by atoms with van der Waals surface area (Å²) in [5, 5.41) is 5.71. The largest absolute Gasteiger partial charge is 0.355 e. The van der Waals surface area contributed by atoms with Crippen molar-refractivity contribution in [1.29, 1.82) is 0 Å². The molecule has 0 aromatic heterocycles. The molecule has 0 atom stereocenters. The van der Waals surface area contributed by atoms with Crippen molar-refractivity contribution in [3.8, 4) is 0 Å². The van der Waals surface area contributed by atoms with Crippen molar-refractivity contribution in [3.05, 3.63) is 71.3 Å². The smallest absolute Gasteiger partial charge is 0.224 e. The molecule has 2 amide bonds. The van der Waals surface area contributed by atoms with Crippen molar-refractivity contribution < 1.29 is 9.59 Å². The molecule has 0 aliphatic heterocycles. The lowest BCUT2D eigenvalue weighted by atomic mass is 10.1. The monoisotopic (exact) mass is 367 g/mol. The Kier molecular flexibility index (Phi) is 8.52. The van der Waals surface area contributed by atoms with Gasteiger partial charge in [-0.2, -0.15) is 0 Å². The van der Waals surface area contributed by atoms with Gasteiger partial charge < -0.3 is 15.5 Å². The lowest BCUT2D eigenvalue weighted by Crippen LogP contribution is -2.31. The molecule has 0 heterocycles. The van der Waals surface area contributed by atoms with Crippen molar-refractivity contribution in [2.45, 2.75) is 32.9 Å². The van der Waals surface area contributed by atoms with E-state index in [1.54, 1.807) is 0 Å². The number of nitrogens with zero attached hydrogens (tertiary/aromatic N) is 1. The lowest BCUT2D eigenvalue weighted by Gasteiger charge is -2.14. The highest BCUT2D eigenvalue weighted by molar-refractivity contribution is 5.80. The Morgan fingerprint density at radius 1 is 0.889 bits per heavy atom. The van der Waals surface area contributed by atoms with Crippen LogP contribution in [0.4, 0.5) is 0 Å². The minimum atomic E-state index is -0.0678. The molecular formula is C22H29N3O2. The van der Waals surface area contributed by atoms with Gasteiger partial charge in [0.25, 0.3) is 0 Å². The Hall–Kier alpha value is -2.66. The predicted octanol–water partition coefficient (Wildman–Crippen LogP) is 2.50. The normalized spacial score (nSPS) is 10.6. The number of amides is 2. The first-order valence-corrected chi connectivity index (χ1v) is 9.40. The van der Waals surface area contributed by atoms with Crippen LogP contribution in [0.15, 0.2) is 54.6 Å². The van der Waals surface area contributed by atoms with Crippen molar-refractivity contribution >= 4 is 11.8 Å². The quantitative estimate of drug-likeness (QED) is 0.678. The molecule has 2 aromatic carbocycles. The summed E-state index contributed by atoms with van der Waals surface area (Å²) in [4.78, 5) is 26.1. The summed E-state index contributed by atoms with van der Waals surface area (Å²) in [7, 11) is 2.08. The summed E-state index contributed by atoms with van der Waals surface area (Å²) in [5.74, 6) is -0.132. The summed E-state index contributed by atoms with van der Waals surface area (Å²) in [6, 6.07) is 17.8. The molecule has 2 aromatic rings. The molecule has 0 aliphatic rings. The Morgan fingerprint density at radius 3 is 2.33 bits per heavy atom. The van der Waals surface area contributed by atoms with E-state index in [0.717, 1.165) is 24.2 Å². The van der Waals surface area contributed by atoms with Gasteiger partial charge in [-0.25, -0.2) is 0 Å². The Labute approximate surface area is 161 Å². The molecule has 0 saturated heterocycles. The van der Waals surface area contributed by atoms with Crippen molar-refractivity contribution in [2.75, 3.05) is 20.1 Å². The zero-order valence-corrected chi connectivity index (χ0v) is 16.2. The molecule has 27 heavy (non-hydrogen) atoms. The summed E-state index contributed by atoms with van der Waals surface area (Å²) in [6.07, 6.45) is 0.611. The van der Waals surface area contributed by atoms with E-state index in [0.29, 0.717) is 19.5 Å². The molecule has 0 bridgehead atoms. The van der Waals surface area contributed by atoms with Gasteiger partial charge in [-0.05, 0) is 30.3 Å². The van der Waals surface area contributed by atoms with Gasteiger partial charge in [0, 0.05) is 26.1 Å². The SMILES string of the molecule is CCN(C)Cc1cccc(CNC(=O)CCNC(=O)Cc2ccccc2)c1. The number of carbonyl (C=O) groups excluding carboxylic acids is 2. The second-order valence-electron chi connectivity index (χ2n) is 6.69. The van der Waals surface area contributed by atoms with E-state index in [1.807, 2.05) is 42.5 Å². The summed E-state index contributed by atoms with van der Waals surface area (Å²) in [5.41, 5.74) is 3.28. The van der Waals surface area contributed by atoms with E-state index < -0.39 is 0 Å². The van der Waals surface area contributed by atoms with Crippen LogP contribution in [0.25, 0.3) is 0 Å². The van der Waals surface area contributed by atoms with Gasteiger partial charge >= 0.3 is 0 Å². The Bertz CT molecular complexity index is 731. The van der Waals surface area contributed by atoms with E-state index in [9.17, 15) is 9.59 Å². The van der Waals surface area contributed by atoms with E-state index in [4.69, 9.17) is 0 Å². The minimum absolute atomic E-state index is 0.0638. The molecular weight excluding hydrogens is 338 g/mol. The standard InChI is InChI=1S/C22H29N3O2/c1-3-25(2)17-20-11-7-10-19(14-20)16-24-21(26)12-13-23-22(27)15-18-8-5-4-6-9-18/h4-11,14H,3,12-13,15-17H2,1-2H3,(H,23,27)(H,24,26). The average Bonchev–Trinajstić information content (AvgIpc) is 2.67. The van der Waals surface area contributed by atoms with Crippen LogP contribution in [0.5, 0.6) is 0 Å². The third-order valence-corrected chi connectivity index (χ3v) is 4.36. The van der Waals surface area contributed by atoms with Gasteiger partial charge in [-0.1, -0.05) is 61.5 Å². The number of rotatable bonds is 10. The maximum atomic E-state index is 12.0. The first kappa shape index (κ1) is 20.6. The Balaban J connectivity index is 1.67. The molecule has 144 valence electrons. The zero-order chi connectivity index (χ0) is 19.5. The molecule has 5 nitrogen and oxygen atoms in total. The summed E-state index contributed by atoms with van der Waals surface area (Å²) >= 11 is 0. The topological polar surface area (TPSA) is 61.4 Å². The van der Waals surface area contributed by atoms with Crippen LogP contribution in [0.3, 0.4) is 0 Å². The maximum Gasteiger partial charge on any atom is 0.224 e. The highest BCUT2D eigenvalue weighted by Crippen LogP contribution is 2.07. The van der Waals surface area contributed by atoms with E-state index in [-0.39, 0.29) is 18.2 Å². The van der Waals surface area contributed by atoms with Crippen LogP contribution in [-0.2, 0) is 29.1 Å². The van der Waals surface area contributed by atoms with Gasteiger partial charge in [-0.3, -0.25) is 9.59 Å². The summed E-state index contributed by atoms with van der Waals surface area (Å²) < 4.78 is 0. The number of nitrogens with one attached hydrogen (secondary N) is 2.